The first-order valence-corrected chi connectivity index (χ1v) is 5.83. The van der Waals surface area contributed by atoms with E-state index in [0.29, 0.717) is 11.7 Å². The second-order valence-electron chi connectivity index (χ2n) is 4.10. The molecule has 0 aromatic carbocycles. The van der Waals surface area contributed by atoms with Crippen molar-refractivity contribution in [2.75, 3.05) is 19.6 Å². The zero-order chi connectivity index (χ0) is 11.4. The van der Waals surface area contributed by atoms with Crippen LogP contribution in [0.3, 0.4) is 0 Å². The van der Waals surface area contributed by atoms with Gasteiger partial charge in [-0.1, -0.05) is 6.92 Å². The first-order valence-electron chi connectivity index (χ1n) is 5.83. The van der Waals surface area contributed by atoms with E-state index in [1.807, 2.05) is 0 Å². The first-order chi connectivity index (χ1) is 7.81. The van der Waals surface area contributed by atoms with Crippen molar-refractivity contribution in [2.24, 2.45) is 0 Å². The van der Waals surface area contributed by atoms with Crippen LogP contribution in [0.1, 0.15) is 30.3 Å². The van der Waals surface area contributed by atoms with Gasteiger partial charge in [-0.15, -0.1) is 0 Å². The highest BCUT2D eigenvalue weighted by atomic mass is 16.1. The molecule has 1 aliphatic rings. The lowest BCUT2D eigenvalue weighted by atomic mass is 10.2. The Morgan fingerprint density at radius 3 is 3.31 bits per heavy atom. The van der Waals surface area contributed by atoms with Crippen molar-refractivity contribution in [1.29, 1.82) is 0 Å². The molecule has 2 N–H and O–H groups in total. The van der Waals surface area contributed by atoms with E-state index < -0.39 is 0 Å². The van der Waals surface area contributed by atoms with E-state index in [9.17, 15) is 4.79 Å². The number of likely N-dealkylation sites (N-methyl/N-ethyl adjacent to an activating group) is 1. The lowest BCUT2D eigenvalue weighted by molar-refractivity contribution is 0.0936. The maximum Gasteiger partial charge on any atom is 0.269 e. The summed E-state index contributed by atoms with van der Waals surface area (Å²) < 4.78 is 0. The fraction of sp³-hybridized carbons (Fsp3) is 0.636. The highest BCUT2D eigenvalue weighted by Crippen LogP contribution is 2.15. The Morgan fingerprint density at radius 2 is 2.62 bits per heavy atom. The van der Waals surface area contributed by atoms with Gasteiger partial charge < -0.3 is 5.32 Å². The molecule has 2 heterocycles. The van der Waals surface area contributed by atoms with Gasteiger partial charge in [0.15, 0.2) is 0 Å². The molecule has 16 heavy (non-hydrogen) atoms. The Morgan fingerprint density at radius 1 is 1.75 bits per heavy atom. The number of aromatic nitrogens is 2. The number of H-pyrrole nitrogens is 1. The van der Waals surface area contributed by atoms with Crippen molar-refractivity contribution in [3.8, 4) is 0 Å². The number of likely N-dealkylation sites (tertiary alicyclic amines) is 1. The van der Waals surface area contributed by atoms with Crippen LogP contribution in [0.4, 0.5) is 0 Å². The van der Waals surface area contributed by atoms with Gasteiger partial charge in [-0.2, -0.15) is 5.10 Å². The van der Waals surface area contributed by atoms with Crippen molar-refractivity contribution in [3.63, 3.8) is 0 Å². The molecule has 5 heteroatoms. The SMILES string of the molecule is CCN1CCCC1CNC(=O)c1ccn[nH]1. The molecule has 0 aliphatic carbocycles. The second kappa shape index (κ2) is 5.12. The zero-order valence-corrected chi connectivity index (χ0v) is 9.57. The summed E-state index contributed by atoms with van der Waals surface area (Å²) in [5, 5.41) is 9.36. The number of amides is 1. The molecular formula is C11H18N4O. The van der Waals surface area contributed by atoms with E-state index in [-0.39, 0.29) is 5.91 Å². The molecule has 0 bridgehead atoms. The Labute approximate surface area is 95.2 Å². The number of hydrogen-bond donors (Lipinski definition) is 2. The number of nitrogens with one attached hydrogen (secondary N) is 2. The number of hydrogen-bond acceptors (Lipinski definition) is 3. The quantitative estimate of drug-likeness (QED) is 0.785. The lowest BCUT2D eigenvalue weighted by Crippen LogP contribution is -2.40. The van der Waals surface area contributed by atoms with Crippen LogP contribution in [0.15, 0.2) is 12.3 Å². The van der Waals surface area contributed by atoms with Gasteiger partial charge in [0.05, 0.1) is 0 Å². The average Bonchev–Trinajstić information content (AvgIpc) is 2.96. The minimum absolute atomic E-state index is 0.0690. The Bertz CT molecular complexity index is 336. The van der Waals surface area contributed by atoms with Crippen LogP contribution in [0, 0.1) is 0 Å². The third kappa shape index (κ3) is 2.41. The van der Waals surface area contributed by atoms with E-state index in [0.717, 1.165) is 19.6 Å². The number of carbonyl (C=O) groups is 1. The first kappa shape index (κ1) is 11.1. The average molecular weight is 222 g/mol. The van der Waals surface area contributed by atoms with E-state index in [4.69, 9.17) is 0 Å². The van der Waals surface area contributed by atoms with Crippen molar-refractivity contribution in [3.05, 3.63) is 18.0 Å². The maximum atomic E-state index is 11.7. The van der Waals surface area contributed by atoms with Crippen LogP contribution in [0.2, 0.25) is 0 Å². The van der Waals surface area contributed by atoms with Crippen LogP contribution < -0.4 is 5.32 Å². The fourth-order valence-electron chi connectivity index (χ4n) is 2.23. The number of carbonyl (C=O) groups excluding carboxylic acids is 1. The molecule has 1 atom stereocenters. The van der Waals surface area contributed by atoms with Crippen LogP contribution >= 0.6 is 0 Å². The Balaban J connectivity index is 1.81. The van der Waals surface area contributed by atoms with Gasteiger partial charge in [0, 0.05) is 18.8 Å². The van der Waals surface area contributed by atoms with E-state index in [2.05, 4.69) is 27.3 Å². The van der Waals surface area contributed by atoms with Crippen molar-refractivity contribution in [2.45, 2.75) is 25.8 Å². The normalized spacial score (nSPS) is 21.2. The summed E-state index contributed by atoms with van der Waals surface area (Å²) in [5.41, 5.74) is 0.529. The third-order valence-corrected chi connectivity index (χ3v) is 3.15. The third-order valence-electron chi connectivity index (χ3n) is 3.15. The largest absolute Gasteiger partial charge is 0.349 e. The van der Waals surface area contributed by atoms with Crippen LogP contribution in [0.5, 0.6) is 0 Å². The zero-order valence-electron chi connectivity index (χ0n) is 9.57. The maximum absolute atomic E-state index is 11.7. The van der Waals surface area contributed by atoms with Crippen LogP contribution in [0.25, 0.3) is 0 Å². The molecule has 1 unspecified atom stereocenters. The topological polar surface area (TPSA) is 61.0 Å². The summed E-state index contributed by atoms with van der Waals surface area (Å²) in [6, 6.07) is 2.18. The van der Waals surface area contributed by atoms with Gasteiger partial charge in [0.25, 0.3) is 5.91 Å². The summed E-state index contributed by atoms with van der Waals surface area (Å²) in [6.07, 6.45) is 4.00. The standard InChI is InChI=1S/C11H18N4O/c1-2-15-7-3-4-9(15)8-12-11(16)10-5-6-13-14-10/h5-6,9H,2-4,7-8H2,1H3,(H,12,16)(H,13,14). The van der Waals surface area contributed by atoms with Gasteiger partial charge in [-0.25, -0.2) is 0 Å². The van der Waals surface area contributed by atoms with Crippen molar-refractivity contribution < 1.29 is 4.79 Å². The molecule has 0 radical (unpaired) electrons. The summed E-state index contributed by atoms with van der Waals surface area (Å²) in [6.45, 7) is 5.10. The van der Waals surface area contributed by atoms with Crippen molar-refractivity contribution >= 4 is 5.91 Å². The lowest BCUT2D eigenvalue weighted by Gasteiger charge is -2.22. The second-order valence-corrected chi connectivity index (χ2v) is 4.10. The molecule has 1 saturated heterocycles. The minimum atomic E-state index is -0.0690. The molecular weight excluding hydrogens is 204 g/mol. The van der Waals surface area contributed by atoms with Crippen LogP contribution in [-0.2, 0) is 0 Å². The highest BCUT2D eigenvalue weighted by molar-refractivity contribution is 5.92. The molecule has 1 aliphatic heterocycles. The van der Waals surface area contributed by atoms with Gasteiger partial charge in [0.1, 0.15) is 5.69 Å². The molecule has 0 saturated carbocycles. The van der Waals surface area contributed by atoms with E-state index in [1.165, 1.54) is 12.8 Å². The van der Waals surface area contributed by atoms with E-state index in [1.54, 1.807) is 12.3 Å². The van der Waals surface area contributed by atoms with Gasteiger partial charge in [0.2, 0.25) is 0 Å². The number of rotatable bonds is 4. The molecule has 1 fully saturated rings. The van der Waals surface area contributed by atoms with Crippen LogP contribution in [-0.4, -0.2) is 46.7 Å². The summed E-state index contributed by atoms with van der Waals surface area (Å²) in [5.74, 6) is -0.0690. The van der Waals surface area contributed by atoms with Gasteiger partial charge in [-0.3, -0.25) is 14.8 Å². The molecule has 1 amide bonds. The Hall–Kier alpha value is -1.36. The van der Waals surface area contributed by atoms with Crippen molar-refractivity contribution in [1.82, 2.24) is 20.4 Å². The summed E-state index contributed by atoms with van der Waals surface area (Å²) >= 11 is 0. The molecule has 88 valence electrons. The highest BCUT2D eigenvalue weighted by Gasteiger charge is 2.23. The fourth-order valence-corrected chi connectivity index (χ4v) is 2.23. The predicted molar refractivity (Wildman–Crippen MR) is 61.2 cm³/mol. The number of aromatic amines is 1. The summed E-state index contributed by atoms with van der Waals surface area (Å²) in [4.78, 5) is 14.1. The molecule has 1 aromatic rings. The smallest absolute Gasteiger partial charge is 0.269 e. The Kier molecular flexibility index (Phi) is 3.56. The monoisotopic (exact) mass is 222 g/mol. The molecule has 1 aromatic heterocycles. The summed E-state index contributed by atoms with van der Waals surface area (Å²) in [7, 11) is 0. The van der Waals surface area contributed by atoms with Gasteiger partial charge >= 0.3 is 0 Å². The molecule has 2 rings (SSSR count). The number of nitrogens with zero attached hydrogens (tertiary/aromatic N) is 2. The van der Waals surface area contributed by atoms with Gasteiger partial charge in [-0.05, 0) is 32.0 Å². The molecule has 0 spiro atoms. The minimum Gasteiger partial charge on any atom is -0.349 e. The predicted octanol–water partition coefficient (Wildman–Crippen LogP) is 0.624. The molecule has 5 nitrogen and oxygen atoms in total. The van der Waals surface area contributed by atoms with E-state index >= 15 is 0 Å².